The van der Waals surface area contributed by atoms with Crippen LogP contribution in [-0.4, -0.2) is 34.7 Å². The third-order valence-electron chi connectivity index (χ3n) is 3.89. The molecular formula is C19H14N5O3P. The van der Waals surface area contributed by atoms with Crippen LogP contribution in [-0.2, 0) is 4.57 Å². The number of aromatic nitrogens is 5. The molecule has 0 fully saturated rings. The van der Waals surface area contributed by atoms with Crippen LogP contribution < -0.4 is 5.30 Å². The van der Waals surface area contributed by atoms with E-state index in [1.54, 1.807) is 48.8 Å². The smallest absolute Gasteiger partial charge is 0.321 e. The maximum absolute atomic E-state index is 11.4. The molecule has 0 saturated heterocycles. The number of nitrogens with zero attached hydrogens (tertiary/aromatic N) is 5. The van der Waals surface area contributed by atoms with Gasteiger partial charge in [0.25, 0.3) is 0 Å². The standard InChI is InChI=1S/C19H14N5O3P/c25-28(26,27)14-9-7-13(8-10-14)17-22-18(15-5-1-3-11-20-15)24-19(23-17)16-6-2-4-12-21-16/h1-12H,(H2,25,26,27). The van der Waals surface area contributed by atoms with Gasteiger partial charge >= 0.3 is 7.60 Å². The van der Waals surface area contributed by atoms with E-state index in [0.29, 0.717) is 34.4 Å². The van der Waals surface area contributed by atoms with Crippen LogP contribution in [0.5, 0.6) is 0 Å². The van der Waals surface area contributed by atoms with Crippen molar-refractivity contribution in [2.75, 3.05) is 0 Å². The maximum Gasteiger partial charge on any atom is 0.356 e. The average molecular weight is 391 g/mol. The zero-order chi connectivity index (χ0) is 19.6. The van der Waals surface area contributed by atoms with Gasteiger partial charge in [-0.3, -0.25) is 14.5 Å². The van der Waals surface area contributed by atoms with Crippen molar-refractivity contribution in [3.63, 3.8) is 0 Å². The van der Waals surface area contributed by atoms with Gasteiger partial charge in [-0.1, -0.05) is 24.3 Å². The predicted octanol–water partition coefficient (Wildman–Crippen LogP) is 2.47. The van der Waals surface area contributed by atoms with E-state index in [1.807, 2.05) is 12.1 Å². The third kappa shape index (κ3) is 3.84. The lowest BCUT2D eigenvalue weighted by Gasteiger charge is -2.08. The zero-order valence-corrected chi connectivity index (χ0v) is 15.3. The molecule has 0 aliphatic carbocycles. The summed E-state index contributed by atoms with van der Waals surface area (Å²) in [5, 5.41) is -0.0693. The Balaban J connectivity index is 1.86. The Bertz CT molecular complexity index is 1090. The van der Waals surface area contributed by atoms with Crippen LogP contribution in [0.25, 0.3) is 34.4 Å². The molecule has 1 aromatic carbocycles. The largest absolute Gasteiger partial charge is 0.356 e. The van der Waals surface area contributed by atoms with E-state index < -0.39 is 7.60 Å². The second-order valence-corrected chi connectivity index (χ2v) is 7.43. The lowest BCUT2D eigenvalue weighted by molar-refractivity contribution is 0.387. The molecule has 0 bridgehead atoms. The van der Waals surface area contributed by atoms with Gasteiger partial charge in [-0.05, 0) is 36.4 Å². The second kappa shape index (κ2) is 7.36. The maximum atomic E-state index is 11.4. The molecule has 0 aliphatic rings. The molecule has 138 valence electrons. The van der Waals surface area contributed by atoms with Gasteiger partial charge in [-0.25, -0.2) is 15.0 Å². The van der Waals surface area contributed by atoms with Crippen LogP contribution in [0.2, 0.25) is 0 Å². The molecule has 0 amide bonds. The van der Waals surface area contributed by atoms with Gasteiger partial charge in [0.05, 0.1) is 5.30 Å². The van der Waals surface area contributed by atoms with E-state index in [-0.39, 0.29) is 5.30 Å². The summed E-state index contributed by atoms with van der Waals surface area (Å²) in [7, 11) is -4.32. The lowest BCUT2D eigenvalue weighted by atomic mass is 10.2. The molecule has 3 heterocycles. The molecular weight excluding hydrogens is 377 g/mol. The van der Waals surface area contributed by atoms with Crippen LogP contribution in [0.15, 0.2) is 73.1 Å². The molecule has 3 aromatic heterocycles. The van der Waals surface area contributed by atoms with Crippen molar-refractivity contribution in [1.82, 2.24) is 24.9 Å². The van der Waals surface area contributed by atoms with Crippen LogP contribution >= 0.6 is 7.60 Å². The Kier molecular flexibility index (Phi) is 4.75. The van der Waals surface area contributed by atoms with E-state index >= 15 is 0 Å². The summed E-state index contributed by atoms with van der Waals surface area (Å²) >= 11 is 0. The molecule has 4 aromatic rings. The molecule has 0 spiro atoms. The van der Waals surface area contributed by atoms with Crippen molar-refractivity contribution < 1.29 is 14.4 Å². The first-order valence-electron chi connectivity index (χ1n) is 8.26. The zero-order valence-electron chi connectivity index (χ0n) is 14.4. The van der Waals surface area contributed by atoms with Crippen molar-refractivity contribution in [2.45, 2.75) is 0 Å². The van der Waals surface area contributed by atoms with Crippen LogP contribution in [0.1, 0.15) is 0 Å². The number of hydrogen-bond acceptors (Lipinski definition) is 6. The average Bonchev–Trinajstić information content (AvgIpc) is 2.74. The van der Waals surface area contributed by atoms with Gasteiger partial charge in [-0.15, -0.1) is 0 Å². The summed E-state index contributed by atoms with van der Waals surface area (Å²) in [5.41, 5.74) is 1.75. The third-order valence-corrected chi connectivity index (χ3v) is 4.86. The van der Waals surface area contributed by atoms with Gasteiger partial charge in [0.15, 0.2) is 17.5 Å². The van der Waals surface area contributed by atoms with Crippen LogP contribution in [0.4, 0.5) is 0 Å². The fourth-order valence-electron chi connectivity index (χ4n) is 2.53. The number of pyridine rings is 2. The van der Waals surface area contributed by atoms with Gasteiger partial charge in [0.2, 0.25) is 0 Å². The highest BCUT2D eigenvalue weighted by molar-refractivity contribution is 7.60. The van der Waals surface area contributed by atoms with Crippen molar-refractivity contribution in [3.8, 4) is 34.4 Å². The molecule has 0 unspecified atom stereocenters. The molecule has 9 heteroatoms. The normalized spacial score (nSPS) is 11.4. The first-order valence-corrected chi connectivity index (χ1v) is 9.87. The van der Waals surface area contributed by atoms with E-state index in [1.165, 1.54) is 12.1 Å². The van der Waals surface area contributed by atoms with Crippen molar-refractivity contribution in [2.24, 2.45) is 0 Å². The number of rotatable bonds is 4. The van der Waals surface area contributed by atoms with E-state index in [0.717, 1.165) is 0 Å². The number of benzene rings is 1. The highest BCUT2D eigenvalue weighted by Crippen LogP contribution is 2.33. The van der Waals surface area contributed by atoms with Gasteiger partial charge in [0, 0.05) is 18.0 Å². The van der Waals surface area contributed by atoms with Crippen molar-refractivity contribution in [3.05, 3.63) is 73.1 Å². The molecule has 0 aliphatic heterocycles. The molecule has 8 nitrogen and oxygen atoms in total. The molecule has 0 saturated carbocycles. The molecule has 28 heavy (non-hydrogen) atoms. The summed E-state index contributed by atoms with van der Waals surface area (Å²) < 4.78 is 11.4. The molecule has 0 radical (unpaired) electrons. The predicted molar refractivity (Wildman–Crippen MR) is 103 cm³/mol. The Morgan fingerprint density at radius 1 is 0.643 bits per heavy atom. The lowest BCUT2D eigenvalue weighted by Crippen LogP contribution is -2.04. The number of hydrogen-bond donors (Lipinski definition) is 2. The monoisotopic (exact) mass is 391 g/mol. The minimum Gasteiger partial charge on any atom is -0.321 e. The fraction of sp³-hybridized carbons (Fsp3) is 0. The summed E-state index contributed by atoms with van der Waals surface area (Å²) in [6, 6.07) is 16.7. The Morgan fingerprint density at radius 2 is 1.14 bits per heavy atom. The molecule has 2 N–H and O–H groups in total. The fourth-order valence-corrected chi connectivity index (χ4v) is 3.07. The van der Waals surface area contributed by atoms with Crippen LogP contribution in [0, 0.1) is 0 Å². The first-order chi connectivity index (χ1) is 13.5. The summed E-state index contributed by atoms with van der Waals surface area (Å²) in [5.74, 6) is 1.12. The Labute approximate surface area is 160 Å². The molecule has 0 atom stereocenters. The summed E-state index contributed by atoms with van der Waals surface area (Å²) in [4.78, 5) is 40.6. The topological polar surface area (TPSA) is 122 Å². The van der Waals surface area contributed by atoms with E-state index in [9.17, 15) is 14.4 Å². The van der Waals surface area contributed by atoms with Crippen molar-refractivity contribution >= 4 is 12.9 Å². The second-order valence-electron chi connectivity index (χ2n) is 5.83. The Hall–Kier alpha value is -3.32. The quantitative estimate of drug-likeness (QED) is 0.509. The van der Waals surface area contributed by atoms with Crippen LogP contribution in [0.3, 0.4) is 0 Å². The van der Waals surface area contributed by atoms with Gasteiger partial charge in [0.1, 0.15) is 11.4 Å². The SMILES string of the molecule is O=P(O)(O)c1ccc(-c2nc(-c3ccccn3)nc(-c3ccccn3)n2)cc1. The minimum atomic E-state index is -4.32. The highest BCUT2D eigenvalue weighted by Gasteiger charge is 2.18. The van der Waals surface area contributed by atoms with E-state index in [2.05, 4.69) is 24.9 Å². The first kappa shape index (κ1) is 18.1. The van der Waals surface area contributed by atoms with E-state index in [4.69, 9.17) is 0 Å². The van der Waals surface area contributed by atoms with Crippen molar-refractivity contribution in [1.29, 1.82) is 0 Å². The van der Waals surface area contributed by atoms with Gasteiger partial charge in [-0.2, -0.15) is 0 Å². The summed E-state index contributed by atoms with van der Waals surface area (Å²) in [6.07, 6.45) is 3.29. The summed E-state index contributed by atoms with van der Waals surface area (Å²) in [6.45, 7) is 0. The molecule has 4 rings (SSSR count). The minimum absolute atomic E-state index is 0.0693. The Morgan fingerprint density at radius 3 is 1.57 bits per heavy atom. The highest BCUT2D eigenvalue weighted by atomic mass is 31.2. The van der Waals surface area contributed by atoms with Gasteiger partial charge < -0.3 is 9.79 Å².